The van der Waals surface area contributed by atoms with Gasteiger partial charge in [-0.2, -0.15) is 16.9 Å². The van der Waals surface area contributed by atoms with Gasteiger partial charge in [0.25, 0.3) is 0 Å². The van der Waals surface area contributed by atoms with E-state index in [1.165, 1.54) is 32.1 Å². The van der Waals surface area contributed by atoms with Crippen molar-refractivity contribution in [3.8, 4) is 0 Å². The third kappa shape index (κ3) is 4.64. The van der Waals surface area contributed by atoms with Crippen molar-refractivity contribution >= 4 is 23.4 Å². The summed E-state index contributed by atoms with van der Waals surface area (Å²) in [6, 6.07) is 0.168. The minimum absolute atomic E-state index is 0.168. The molecule has 1 saturated carbocycles. The molecule has 5 heteroatoms. The molecular formula is C16H28ClN3S. The summed E-state index contributed by atoms with van der Waals surface area (Å²) in [7, 11) is 0. The second kappa shape index (κ2) is 8.44. The Morgan fingerprint density at radius 2 is 2.05 bits per heavy atom. The van der Waals surface area contributed by atoms with Crippen molar-refractivity contribution in [1.82, 2.24) is 9.78 Å². The maximum absolute atomic E-state index is 6.46. The van der Waals surface area contributed by atoms with Crippen molar-refractivity contribution in [1.29, 1.82) is 0 Å². The SMILES string of the molecule is CCc1nn(CC)c(CC(N)CSC2CCCCC2)c1Cl. The predicted molar refractivity (Wildman–Crippen MR) is 93.3 cm³/mol. The monoisotopic (exact) mass is 329 g/mol. The van der Waals surface area contributed by atoms with Crippen LogP contribution in [-0.2, 0) is 19.4 Å². The van der Waals surface area contributed by atoms with Crippen molar-refractivity contribution in [2.45, 2.75) is 76.6 Å². The molecule has 0 saturated heterocycles. The van der Waals surface area contributed by atoms with Crippen LogP contribution < -0.4 is 5.73 Å². The summed E-state index contributed by atoms with van der Waals surface area (Å²) >= 11 is 8.51. The third-order valence-corrected chi connectivity index (χ3v) is 6.25. The highest BCUT2D eigenvalue weighted by Crippen LogP contribution is 2.29. The molecule has 1 atom stereocenters. The van der Waals surface area contributed by atoms with E-state index in [-0.39, 0.29) is 6.04 Å². The highest BCUT2D eigenvalue weighted by Gasteiger charge is 2.19. The van der Waals surface area contributed by atoms with Gasteiger partial charge in [0.1, 0.15) is 0 Å². The quantitative estimate of drug-likeness (QED) is 0.820. The zero-order valence-corrected chi connectivity index (χ0v) is 14.8. The molecule has 3 nitrogen and oxygen atoms in total. The van der Waals surface area contributed by atoms with E-state index in [1.54, 1.807) is 0 Å². The molecule has 1 aromatic rings. The van der Waals surface area contributed by atoms with Crippen LogP contribution in [0.4, 0.5) is 0 Å². The van der Waals surface area contributed by atoms with Gasteiger partial charge in [-0.05, 0) is 26.2 Å². The molecule has 0 bridgehead atoms. The number of aryl methyl sites for hydroxylation is 2. The molecule has 1 unspecified atom stereocenters. The van der Waals surface area contributed by atoms with Crippen LogP contribution in [0, 0.1) is 0 Å². The van der Waals surface area contributed by atoms with Crippen LogP contribution in [0.5, 0.6) is 0 Å². The number of halogens is 1. The summed E-state index contributed by atoms with van der Waals surface area (Å²) < 4.78 is 2.02. The Bertz CT molecular complexity index is 441. The molecule has 0 aliphatic heterocycles. The lowest BCUT2D eigenvalue weighted by atomic mass is 10.0. The molecule has 2 rings (SSSR count). The van der Waals surface area contributed by atoms with Gasteiger partial charge in [-0.25, -0.2) is 0 Å². The number of nitrogens with two attached hydrogens (primary N) is 1. The second-order valence-corrected chi connectivity index (χ2v) is 7.65. The van der Waals surface area contributed by atoms with Crippen LogP contribution in [0.25, 0.3) is 0 Å². The number of rotatable bonds is 7. The van der Waals surface area contributed by atoms with E-state index < -0.39 is 0 Å². The lowest BCUT2D eigenvalue weighted by Crippen LogP contribution is -2.28. The molecule has 0 aromatic carbocycles. The van der Waals surface area contributed by atoms with Crippen molar-refractivity contribution in [2.24, 2.45) is 5.73 Å². The van der Waals surface area contributed by atoms with Crippen LogP contribution >= 0.6 is 23.4 Å². The van der Waals surface area contributed by atoms with Crippen LogP contribution in [0.15, 0.2) is 0 Å². The average Bonchev–Trinajstić information content (AvgIpc) is 2.82. The van der Waals surface area contributed by atoms with Crippen molar-refractivity contribution in [3.63, 3.8) is 0 Å². The Hall–Kier alpha value is -0.190. The summed E-state index contributed by atoms with van der Waals surface area (Å²) in [4.78, 5) is 0. The summed E-state index contributed by atoms with van der Waals surface area (Å²) in [5, 5.41) is 6.22. The maximum atomic E-state index is 6.46. The van der Waals surface area contributed by atoms with E-state index in [1.807, 2.05) is 4.68 Å². The van der Waals surface area contributed by atoms with Gasteiger partial charge in [0.2, 0.25) is 0 Å². The van der Waals surface area contributed by atoms with Crippen LogP contribution in [-0.4, -0.2) is 26.8 Å². The van der Waals surface area contributed by atoms with E-state index in [0.717, 1.165) is 46.8 Å². The zero-order valence-electron chi connectivity index (χ0n) is 13.3. The van der Waals surface area contributed by atoms with Gasteiger partial charge in [0, 0.05) is 30.0 Å². The number of nitrogens with zero attached hydrogens (tertiary/aromatic N) is 2. The predicted octanol–water partition coefficient (Wildman–Crippen LogP) is 4.05. The van der Waals surface area contributed by atoms with Gasteiger partial charge in [-0.15, -0.1) is 0 Å². The normalized spacial score (nSPS) is 18.1. The fourth-order valence-electron chi connectivity index (χ4n) is 3.01. The van der Waals surface area contributed by atoms with E-state index >= 15 is 0 Å². The first-order valence-corrected chi connectivity index (χ1v) is 9.69. The van der Waals surface area contributed by atoms with Crippen LogP contribution in [0.2, 0.25) is 5.02 Å². The highest BCUT2D eigenvalue weighted by molar-refractivity contribution is 7.99. The van der Waals surface area contributed by atoms with Crippen molar-refractivity contribution in [2.75, 3.05) is 5.75 Å². The van der Waals surface area contributed by atoms with Crippen LogP contribution in [0.3, 0.4) is 0 Å². The zero-order chi connectivity index (χ0) is 15.2. The van der Waals surface area contributed by atoms with Gasteiger partial charge in [-0.1, -0.05) is 37.8 Å². The number of hydrogen-bond donors (Lipinski definition) is 1. The minimum Gasteiger partial charge on any atom is -0.327 e. The first-order chi connectivity index (χ1) is 10.2. The van der Waals surface area contributed by atoms with Gasteiger partial charge in [0.05, 0.1) is 16.4 Å². The van der Waals surface area contributed by atoms with Gasteiger partial charge >= 0.3 is 0 Å². The average molecular weight is 330 g/mol. The second-order valence-electron chi connectivity index (χ2n) is 5.93. The Balaban J connectivity index is 1.89. The summed E-state index contributed by atoms with van der Waals surface area (Å²) in [5.41, 5.74) is 8.46. The van der Waals surface area contributed by atoms with E-state index in [2.05, 4.69) is 30.7 Å². The fourth-order valence-corrected chi connectivity index (χ4v) is 4.66. The largest absolute Gasteiger partial charge is 0.327 e. The van der Waals surface area contributed by atoms with Crippen molar-refractivity contribution in [3.05, 3.63) is 16.4 Å². The molecule has 1 heterocycles. The topological polar surface area (TPSA) is 43.8 Å². The summed E-state index contributed by atoms with van der Waals surface area (Å²) in [6.07, 6.45) is 8.64. The minimum atomic E-state index is 0.168. The highest BCUT2D eigenvalue weighted by atomic mass is 35.5. The first kappa shape index (κ1) is 17.2. The molecule has 0 amide bonds. The third-order valence-electron chi connectivity index (χ3n) is 4.25. The first-order valence-electron chi connectivity index (χ1n) is 8.26. The standard InChI is InChI=1S/C16H28ClN3S/c1-3-14-16(17)15(20(4-2)19-14)10-12(18)11-21-13-8-6-5-7-9-13/h12-13H,3-11,18H2,1-2H3. The van der Waals surface area contributed by atoms with Gasteiger partial charge < -0.3 is 5.73 Å². The van der Waals surface area contributed by atoms with Gasteiger partial charge in [0.15, 0.2) is 0 Å². The Morgan fingerprint density at radius 3 is 2.67 bits per heavy atom. The van der Waals surface area contributed by atoms with E-state index in [9.17, 15) is 0 Å². The van der Waals surface area contributed by atoms with Gasteiger partial charge in [-0.3, -0.25) is 4.68 Å². The smallest absolute Gasteiger partial charge is 0.0850 e. The summed E-state index contributed by atoms with van der Waals surface area (Å²) in [5.74, 6) is 1.03. The lowest BCUT2D eigenvalue weighted by molar-refractivity contribution is 0.515. The molecule has 0 spiro atoms. The Labute approximate surface area is 138 Å². The molecule has 1 aliphatic rings. The van der Waals surface area contributed by atoms with E-state index in [0.29, 0.717) is 0 Å². The molecule has 1 aliphatic carbocycles. The number of hydrogen-bond acceptors (Lipinski definition) is 3. The molecule has 21 heavy (non-hydrogen) atoms. The van der Waals surface area contributed by atoms with Crippen LogP contribution in [0.1, 0.15) is 57.3 Å². The number of thioether (sulfide) groups is 1. The molecular weight excluding hydrogens is 302 g/mol. The number of aromatic nitrogens is 2. The molecule has 0 radical (unpaired) electrons. The molecule has 1 aromatic heterocycles. The van der Waals surface area contributed by atoms with E-state index in [4.69, 9.17) is 17.3 Å². The summed E-state index contributed by atoms with van der Waals surface area (Å²) in [6.45, 7) is 5.06. The molecule has 120 valence electrons. The fraction of sp³-hybridized carbons (Fsp3) is 0.812. The van der Waals surface area contributed by atoms with Crippen molar-refractivity contribution < 1.29 is 0 Å². The molecule has 2 N–H and O–H groups in total. The lowest BCUT2D eigenvalue weighted by Gasteiger charge is -2.22. The Morgan fingerprint density at radius 1 is 1.33 bits per heavy atom. The molecule has 1 fully saturated rings. The maximum Gasteiger partial charge on any atom is 0.0850 e. The Kier molecular flexibility index (Phi) is 6.90.